The van der Waals surface area contributed by atoms with Gasteiger partial charge in [0.15, 0.2) is 0 Å². The van der Waals surface area contributed by atoms with Crippen LogP contribution in [-0.4, -0.2) is 12.6 Å². The Morgan fingerprint density at radius 2 is 2.18 bits per heavy atom. The highest BCUT2D eigenvalue weighted by Crippen LogP contribution is 2.30. The van der Waals surface area contributed by atoms with E-state index >= 15 is 0 Å². The van der Waals surface area contributed by atoms with Gasteiger partial charge >= 0.3 is 0 Å². The van der Waals surface area contributed by atoms with Gasteiger partial charge in [0.25, 0.3) is 0 Å². The third-order valence-electron chi connectivity index (χ3n) is 2.63. The van der Waals surface area contributed by atoms with E-state index in [1.165, 1.54) is 0 Å². The van der Waals surface area contributed by atoms with Gasteiger partial charge in [0.1, 0.15) is 0 Å². The minimum Gasteiger partial charge on any atom is -0.368 e. The van der Waals surface area contributed by atoms with Crippen LogP contribution < -0.4 is 4.90 Å². The highest BCUT2D eigenvalue weighted by atomic mass is 79.9. The predicted molar refractivity (Wildman–Crippen MR) is 76.8 cm³/mol. The summed E-state index contributed by atoms with van der Waals surface area (Å²) in [6.07, 6.45) is 0.520. The van der Waals surface area contributed by atoms with Gasteiger partial charge in [-0.3, -0.25) is 0 Å². The molecule has 0 fully saturated rings. The lowest BCUT2D eigenvalue weighted by Crippen LogP contribution is -2.32. The van der Waals surface area contributed by atoms with Crippen LogP contribution in [0.1, 0.15) is 25.8 Å². The molecule has 0 bridgehead atoms. The van der Waals surface area contributed by atoms with Crippen LogP contribution in [0, 0.1) is 11.3 Å². The van der Waals surface area contributed by atoms with Crippen LogP contribution in [0.3, 0.4) is 0 Å². The summed E-state index contributed by atoms with van der Waals surface area (Å²) in [6, 6.07) is 8.43. The molecule has 0 N–H and O–H groups in total. The fourth-order valence-corrected chi connectivity index (χ4v) is 2.76. The Kier molecular flexibility index (Phi) is 5.80. The van der Waals surface area contributed by atoms with Crippen molar-refractivity contribution in [2.24, 2.45) is 0 Å². The Balaban J connectivity index is 3.09. The van der Waals surface area contributed by atoms with E-state index in [0.29, 0.717) is 12.5 Å². The lowest BCUT2D eigenvalue weighted by molar-refractivity contribution is 0.684. The van der Waals surface area contributed by atoms with Crippen molar-refractivity contribution < 1.29 is 0 Å². The quantitative estimate of drug-likeness (QED) is 0.755. The molecule has 0 aliphatic rings. The second kappa shape index (κ2) is 6.88. The molecule has 0 radical (unpaired) electrons. The van der Waals surface area contributed by atoms with Gasteiger partial charge < -0.3 is 4.90 Å². The highest BCUT2D eigenvalue weighted by Gasteiger charge is 2.15. The molecule has 0 aliphatic heterocycles. The summed E-state index contributed by atoms with van der Waals surface area (Å²) in [7, 11) is 0. The number of hydrogen-bond acceptors (Lipinski definition) is 2. The van der Waals surface area contributed by atoms with E-state index in [0.717, 1.165) is 28.1 Å². The molecule has 0 saturated heterocycles. The van der Waals surface area contributed by atoms with Gasteiger partial charge in [-0.25, -0.2) is 0 Å². The minimum atomic E-state index is 0.347. The number of nitrogens with zero attached hydrogens (tertiary/aromatic N) is 2. The van der Waals surface area contributed by atoms with Crippen LogP contribution in [0.5, 0.6) is 0 Å². The first-order valence-electron chi connectivity index (χ1n) is 5.58. The minimum absolute atomic E-state index is 0.347. The summed E-state index contributed by atoms with van der Waals surface area (Å²) < 4.78 is 0. The zero-order valence-electron chi connectivity index (χ0n) is 10.1. The Morgan fingerprint density at radius 1 is 1.47 bits per heavy atom. The molecule has 0 saturated carbocycles. The molecule has 2 nitrogen and oxygen atoms in total. The molecular weight excluding hydrogens is 300 g/mol. The molecule has 1 aromatic rings. The highest BCUT2D eigenvalue weighted by molar-refractivity contribution is 9.08. The second-order valence-corrected chi connectivity index (χ2v) is 5.03. The molecule has 0 spiro atoms. The smallest absolute Gasteiger partial charge is 0.0640 e. The average Bonchev–Trinajstić information content (AvgIpc) is 2.29. The van der Waals surface area contributed by atoms with E-state index in [4.69, 9.17) is 16.9 Å². The number of nitriles is 1. The molecule has 92 valence electrons. The van der Waals surface area contributed by atoms with Crippen molar-refractivity contribution in [3.8, 4) is 6.07 Å². The lowest BCUT2D eigenvalue weighted by Gasteiger charge is -2.30. The van der Waals surface area contributed by atoms with Crippen molar-refractivity contribution >= 4 is 33.2 Å². The van der Waals surface area contributed by atoms with E-state index in [2.05, 4.69) is 46.8 Å². The van der Waals surface area contributed by atoms with Crippen LogP contribution in [0.4, 0.5) is 5.69 Å². The van der Waals surface area contributed by atoms with E-state index < -0.39 is 0 Å². The maximum Gasteiger partial charge on any atom is 0.0640 e. The predicted octanol–water partition coefficient (Wildman–Crippen LogP) is 4.36. The number of halogens is 2. The van der Waals surface area contributed by atoms with Crippen LogP contribution >= 0.6 is 27.5 Å². The maximum atomic E-state index is 8.71. The van der Waals surface area contributed by atoms with E-state index in [-0.39, 0.29) is 0 Å². The van der Waals surface area contributed by atoms with Crippen molar-refractivity contribution in [2.75, 3.05) is 11.4 Å². The van der Waals surface area contributed by atoms with Crippen LogP contribution in [0.15, 0.2) is 18.2 Å². The molecule has 0 atom stereocenters. The van der Waals surface area contributed by atoms with Crippen molar-refractivity contribution in [3.63, 3.8) is 0 Å². The average molecular weight is 316 g/mol. The summed E-state index contributed by atoms with van der Waals surface area (Å²) in [5.41, 5.74) is 2.19. The molecule has 4 heteroatoms. The third kappa shape index (κ3) is 3.62. The van der Waals surface area contributed by atoms with E-state index in [9.17, 15) is 0 Å². The summed E-state index contributed by atoms with van der Waals surface area (Å²) in [5.74, 6) is 0. The van der Waals surface area contributed by atoms with Gasteiger partial charge in [-0.05, 0) is 26.0 Å². The first kappa shape index (κ1) is 14.3. The maximum absolute atomic E-state index is 8.71. The van der Waals surface area contributed by atoms with Gasteiger partial charge in [-0.1, -0.05) is 33.6 Å². The summed E-state index contributed by atoms with van der Waals surface area (Å²) >= 11 is 9.66. The summed E-state index contributed by atoms with van der Waals surface area (Å²) in [4.78, 5) is 2.21. The van der Waals surface area contributed by atoms with Crippen molar-refractivity contribution in [1.29, 1.82) is 5.26 Å². The second-order valence-electron chi connectivity index (χ2n) is 4.07. The summed E-state index contributed by atoms with van der Waals surface area (Å²) in [5, 5.41) is 10.2. The Labute approximate surface area is 116 Å². The third-order valence-corrected chi connectivity index (χ3v) is 3.54. The van der Waals surface area contributed by atoms with Crippen molar-refractivity contribution in [1.82, 2.24) is 0 Å². The SMILES string of the molecule is CC(C)N(CCC#N)c1cccc(Cl)c1CBr. The van der Waals surface area contributed by atoms with Gasteiger partial charge in [0, 0.05) is 34.2 Å². The van der Waals surface area contributed by atoms with E-state index in [1.807, 2.05) is 12.1 Å². The molecule has 1 rings (SSSR count). The number of anilines is 1. The number of rotatable bonds is 5. The monoisotopic (exact) mass is 314 g/mol. The number of hydrogen-bond donors (Lipinski definition) is 0. The fourth-order valence-electron chi connectivity index (χ4n) is 1.78. The number of alkyl halides is 1. The molecule has 0 heterocycles. The van der Waals surface area contributed by atoms with Crippen molar-refractivity contribution in [3.05, 3.63) is 28.8 Å². The van der Waals surface area contributed by atoms with E-state index in [1.54, 1.807) is 0 Å². The number of benzene rings is 1. The Hall–Kier alpha value is -0.720. The molecule has 0 unspecified atom stereocenters. The summed E-state index contributed by atoms with van der Waals surface area (Å²) in [6.45, 7) is 4.97. The van der Waals surface area contributed by atoms with Crippen LogP contribution in [0.2, 0.25) is 5.02 Å². The Morgan fingerprint density at radius 3 is 2.71 bits per heavy atom. The molecular formula is C13H16BrClN2. The molecule has 0 aromatic heterocycles. The molecule has 0 amide bonds. The van der Waals surface area contributed by atoms with Gasteiger partial charge in [-0.2, -0.15) is 5.26 Å². The largest absolute Gasteiger partial charge is 0.368 e. The molecule has 0 aliphatic carbocycles. The first-order valence-corrected chi connectivity index (χ1v) is 7.08. The first-order chi connectivity index (χ1) is 8.11. The standard InChI is InChI=1S/C13H16BrClN2/c1-10(2)17(8-4-7-16)13-6-3-5-12(15)11(13)9-14/h3,5-6,10H,4,8-9H2,1-2H3. The zero-order chi connectivity index (χ0) is 12.8. The van der Waals surface area contributed by atoms with Gasteiger partial charge in [-0.15, -0.1) is 0 Å². The molecule has 1 aromatic carbocycles. The fraction of sp³-hybridized carbons (Fsp3) is 0.462. The normalized spacial score (nSPS) is 10.4. The van der Waals surface area contributed by atoms with Gasteiger partial charge in [0.2, 0.25) is 0 Å². The molecule has 17 heavy (non-hydrogen) atoms. The topological polar surface area (TPSA) is 27.0 Å². The van der Waals surface area contributed by atoms with Crippen LogP contribution in [-0.2, 0) is 5.33 Å². The Bertz CT molecular complexity index is 412. The van der Waals surface area contributed by atoms with Crippen LogP contribution in [0.25, 0.3) is 0 Å². The van der Waals surface area contributed by atoms with Crippen molar-refractivity contribution in [2.45, 2.75) is 31.6 Å². The lowest BCUT2D eigenvalue weighted by atomic mass is 10.1. The zero-order valence-corrected chi connectivity index (χ0v) is 12.4. The van der Waals surface area contributed by atoms with Gasteiger partial charge in [0.05, 0.1) is 12.5 Å².